The quantitative estimate of drug-likeness (QED) is 0.694. The summed E-state index contributed by atoms with van der Waals surface area (Å²) < 4.78 is 26.4. The first-order valence-electron chi connectivity index (χ1n) is 11.2. The Labute approximate surface area is 195 Å². The lowest BCUT2D eigenvalue weighted by Crippen LogP contribution is -2.43. The van der Waals surface area contributed by atoms with Gasteiger partial charge in [-0.25, -0.2) is 12.7 Å². The molecule has 2 amide bonds. The van der Waals surface area contributed by atoms with Crippen LogP contribution in [0.5, 0.6) is 0 Å². The zero-order valence-corrected chi connectivity index (χ0v) is 20.1. The molecule has 0 bridgehead atoms. The van der Waals surface area contributed by atoms with Crippen molar-refractivity contribution in [2.45, 2.75) is 37.9 Å². The van der Waals surface area contributed by atoms with E-state index >= 15 is 0 Å². The van der Waals surface area contributed by atoms with Gasteiger partial charge < -0.3 is 10.2 Å². The summed E-state index contributed by atoms with van der Waals surface area (Å²) in [5.41, 5.74) is 2.49. The van der Waals surface area contributed by atoms with Crippen molar-refractivity contribution in [3.63, 3.8) is 0 Å². The Kier molecular flexibility index (Phi) is 6.56. The standard InChI is InChI=1S/C24H30N4O4S/c1-17(2)28-24(30)21-8-7-20(14-22(21)33(28,31)32)23(29)25-15-18-5-4-6-19(13-18)16-27-11-9-26(3)10-12-27/h4-8,13-14,17H,9-12,15-16H2,1-3H3,(H,25,29). The van der Waals surface area contributed by atoms with Crippen LogP contribution in [-0.2, 0) is 23.1 Å². The molecule has 0 radical (unpaired) electrons. The number of rotatable bonds is 6. The summed E-state index contributed by atoms with van der Waals surface area (Å²) in [6.45, 7) is 8.69. The summed E-state index contributed by atoms with van der Waals surface area (Å²) in [6.07, 6.45) is 0. The number of benzene rings is 2. The predicted molar refractivity (Wildman–Crippen MR) is 125 cm³/mol. The second-order valence-electron chi connectivity index (χ2n) is 8.99. The number of sulfonamides is 1. The minimum Gasteiger partial charge on any atom is -0.348 e. The molecule has 1 fully saturated rings. The number of hydrogen-bond donors (Lipinski definition) is 1. The summed E-state index contributed by atoms with van der Waals surface area (Å²) >= 11 is 0. The van der Waals surface area contributed by atoms with Gasteiger partial charge in [0.2, 0.25) is 0 Å². The number of nitrogens with one attached hydrogen (secondary N) is 1. The lowest BCUT2D eigenvalue weighted by molar-refractivity contribution is 0.0845. The van der Waals surface area contributed by atoms with E-state index < -0.39 is 22.0 Å². The first kappa shape index (κ1) is 23.4. The van der Waals surface area contributed by atoms with Gasteiger partial charge in [0.15, 0.2) is 0 Å². The lowest BCUT2D eigenvalue weighted by Gasteiger charge is -2.32. The van der Waals surface area contributed by atoms with Crippen molar-refractivity contribution in [2.75, 3.05) is 33.2 Å². The number of amides is 2. The number of nitrogens with zero attached hydrogens (tertiary/aromatic N) is 3. The van der Waals surface area contributed by atoms with Crippen LogP contribution in [0.4, 0.5) is 0 Å². The van der Waals surface area contributed by atoms with Crippen LogP contribution in [0.2, 0.25) is 0 Å². The van der Waals surface area contributed by atoms with Gasteiger partial charge in [0.25, 0.3) is 21.8 Å². The van der Waals surface area contributed by atoms with Crippen molar-refractivity contribution >= 4 is 21.8 Å². The van der Waals surface area contributed by atoms with Crippen molar-refractivity contribution in [1.82, 2.24) is 19.4 Å². The number of hydrogen-bond acceptors (Lipinski definition) is 6. The molecule has 1 saturated heterocycles. The average molecular weight is 471 g/mol. The van der Waals surface area contributed by atoms with Gasteiger partial charge in [-0.1, -0.05) is 24.3 Å². The van der Waals surface area contributed by atoms with Crippen LogP contribution in [-0.4, -0.2) is 73.6 Å². The topological polar surface area (TPSA) is 90.0 Å². The number of piperazine rings is 1. The van der Waals surface area contributed by atoms with E-state index in [1.807, 2.05) is 12.1 Å². The summed E-state index contributed by atoms with van der Waals surface area (Å²) in [6, 6.07) is 11.8. The monoisotopic (exact) mass is 470 g/mol. The van der Waals surface area contributed by atoms with Gasteiger partial charge in [0.05, 0.1) is 5.56 Å². The highest BCUT2D eigenvalue weighted by atomic mass is 32.2. The molecule has 0 unspecified atom stereocenters. The number of carbonyl (C=O) groups is 2. The van der Waals surface area contributed by atoms with Crippen molar-refractivity contribution in [2.24, 2.45) is 0 Å². The van der Waals surface area contributed by atoms with E-state index in [9.17, 15) is 18.0 Å². The molecule has 2 aliphatic heterocycles. The van der Waals surface area contributed by atoms with Gasteiger partial charge in [-0.15, -0.1) is 0 Å². The molecule has 0 aliphatic carbocycles. The first-order chi connectivity index (χ1) is 15.7. The van der Waals surface area contributed by atoms with Gasteiger partial charge in [-0.3, -0.25) is 14.5 Å². The third-order valence-corrected chi connectivity index (χ3v) is 8.13. The summed E-state index contributed by atoms with van der Waals surface area (Å²) in [4.78, 5) is 29.9. The molecule has 0 aromatic heterocycles. The molecular weight excluding hydrogens is 440 g/mol. The molecule has 4 rings (SSSR count). The molecule has 8 nitrogen and oxygen atoms in total. The van der Waals surface area contributed by atoms with Gasteiger partial charge in [0, 0.05) is 50.9 Å². The van der Waals surface area contributed by atoms with Gasteiger partial charge in [-0.05, 0) is 50.2 Å². The van der Waals surface area contributed by atoms with Gasteiger partial charge in [-0.2, -0.15) is 0 Å². The molecule has 0 saturated carbocycles. The van der Waals surface area contributed by atoms with E-state index in [2.05, 4.69) is 34.3 Å². The number of carbonyl (C=O) groups excluding carboxylic acids is 2. The fraction of sp³-hybridized carbons (Fsp3) is 0.417. The molecule has 1 N–H and O–H groups in total. The van der Waals surface area contributed by atoms with Crippen molar-refractivity contribution < 1.29 is 18.0 Å². The fourth-order valence-corrected chi connectivity index (χ4v) is 6.08. The molecule has 2 aliphatic rings. The van der Waals surface area contributed by atoms with Crippen LogP contribution in [0, 0.1) is 0 Å². The largest absolute Gasteiger partial charge is 0.348 e. The van der Waals surface area contributed by atoms with Crippen molar-refractivity contribution in [3.8, 4) is 0 Å². The Bertz CT molecular complexity index is 1170. The van der Waals surface area contributed by atoms with Crippen molar-refractivity contribution in [3.05, 3.63) is 64.7 Å². The number of likely N-dealkylation sites (N-methyl/N-ethyl adjacent to an activating group) is 1. The highest BCUT2D eigenvalue weighted by molar-refractivity contribution is 7.90. The summed E-state index contributed by atoms with van der Waals surface area (Å²) in [5.74, 6) is -0.933. The van der Waals surface area contributed by atoms with Crippen LogP contribution in [0.1, 0.15) is 45.7 Å². The highest BCUT2D eigenvalue weighted by Crippen LogP contribution is 2.32. The minimum absolute atomic E-state index is 0.108. The molecule has 0 atom stereocenters. The third kappa shape index (κ3) is 4.80. The second kappa shape index (κ2) is 9.24. The average Bonchev–Trinajstić information content (AvgIpc) is 2.98. The Morgan fingerprint density at radius 1 is 1.03 bits per heavy atom. The second-order valence-corrected chi connectivity index (χ2v) is 10.8. The molecule has 176 valence electrons. The number of fused-ring (bicyclic) bond motifs is 1. The predicted octanol–water partition coefficient (Wildman–Crippen LogP) is 1.92. The first-order valence-corrected chi connectivity index (χ1v) is 12.6. The SMILES string of the molecule is CC(C)N1C(=O)c2ccc(C(=O)NCc3cccc(CN4CCN(C)CC4)c3)cc2S1(=O)=O. The maximum absolute atomic E-state index is 12.8. The normalized spacial score (nSPS) is 18.5. The van der Waals surface area contributed by atoms with E-state index in [0.717, 1.165) is 42.6 Å². The van der Waals surface area contributed by atoms with Crippen molar-refractivity contribution in [1.29, 1.82) is 0 Å². The Morgan fingerprint density at radius 2 is 1.73 bits per heavy atom. The van der Waals surface area contributed by atoms with Crippen LogP contribution >= 0.6 is 0 Å². The van der Waals surface area contributed by atoms with Crippen LogP contribution in [0.15, 0.2) is 47.4 Å². The molecule has 9 heteroatoms. The van der Waals surface area contributed by atoms with E-state index in [-0.39, 0.29) is 21.9 Å². The zero-order valence-electron chi connectivity index (χ0n) is 19.2. The van der Waals surface area contributed by atoms with E-state index in [1.54, 1.807) is 13.8 Å². The van der Waals surface area contributed by atoms with E-state index in [0.29, 0.717) is 6.54 Å². The van der Waals surface area contributed by atoms with Crippen LogP contribution < -0.4 is 5.32 Å². The maximum Gasteiger partial charge on any atom is 0.269 e. The summed E-state index contributed by atoms with van der Waals surface area (Å²) in [7, 11) is -1.81. The van der Waals surface area contributed by atoms with Gasteiger partial charge in [0.1, 0.15) is 4.90 Å². The fourth-order valence-electron chi connectivity index (χ4n) is 4.29. The lowest BCUT2D eigenvalue weighted by atomic mass is 10.1. The molecule has 2 heterocycles. The third-order valence-electron chi connectivity index (χ3n) is 6.13. The van der Waals surface area contributed by atoms with E-state index in [4.69, 9.17) is 0 Å². The highest BCUT2D eigenvalue weighted by Gasteiger charge is 2.42. The zero-order chi connectivity index (χ0) is 23.8. The van der Waals surface area contributed by atoms with Gasteiger partial charge >= 0.3 is 0 Å². The maximum atomic E-state index is 12.8. The smallest absolute Gasteiger partial charge is 0.269 e. The molecule has 2 aromatic carbocycles. The summed E-state index contributed by atoms with van der Waals surface area (Å²) in [5, 5.41) is 2.86. The molecule has 33 heavy (non-hydrogen) atoms. The molecule has 2 aromatic rings. The Hall–Kier alpha value is -2.75. The molecular formula is C24H30N4O4S. The Balaban J connectivity index is 1.42. The van der Waals surface area contributed by atoms with Crippen LogP contribution in [0.3, 0.4) is 0 Å². The Morgan fingerprint density at radius 3 is 2.42 bits per heavy atom. The van der Waals surface area contributed by atoms with E-state index in [1.165, 1.54) is 23.8 Å². The minimum atomic E-state index is -3.95. The van der Waals surface area contributed by atoms with Crippen LogP contribution in [0.25, 0.3) is 0 Å². The molecule has 0 spiro atoms.